The lowest BCUT2D eigenvalue weighted by atomic mass is 10.1. The topological polar surface area (TPSA) is 203 Å². The molecule has 1 aromatic carbocycles. The van der Waals surface area contributed by atoms with Crippen LogP contribution in [0.2, 0.25) is 0 Å². The summed E-state index contributed by atoms with van der Waals surface area (Å²) in [5, 5.41) is 27.3. The van der Waals surface area contributed by atoms with Crippen LogP contribution < -0.4 is 32.1 Å². The summed E-state index contributed by atoms with van der Waals surface area (Å²) in [7, 11) is 0. The second-order valence-corrected chi connectivity index (χ2v) is 7.50. The van der Waals surface area contributed by atoms with E-state index in [1.54, 1.807) is 24.3 Å². The first-order valence-corrected chi connectivity index (χ1v) is 10.2. The number of amides is 2. The predicted octanol–water partition coefficient (Wildman–Crippen LogP) is 0.726. The maximum absolute atomic E-state index is 12.3. The fraction of sp³-hybridized carbons (Fsp3) is 0.350. The van der Waals surface area contributed by atoms with Crippen LogP contribution in [-0.4, -0.2) is 63.3 Å². The standard InChI is InChI=1S/C20H25N7O6/c1-2-3-13(18(30)31)24-16(28)10-4-6-11(7-5-10)22-8-12-9-27(20(32)33)15-14(23-12)17(29)26-19(21)25-15/h4-7,12-13,22-23H,2-3,8-9H2,1H3,(H,24,28)(H,30,31)(H,32,33)(H3,21,25,26,29). The van der Waals surface area contributed by atoms with E-state index in [1.165, 1.54) is 0 Å². The Morgan fingerprint density at radius 2 is 1.97 bits per heavy atom. The normalized spacial score (nSPS) is 15.7. The predicted molar refractivity (Wildman–Crippen MR) is 121 cm³/mol. The van der Waals surface area contributed by atoms with Crippen LogP contribution in [0.5, 0.6) is 0 Å². The minimum absolute atomic E-state index is 0.0109. The Kier molecular flexibility index (Phi) is 7.00. The van der Waals surface area contributed by atoms with Crippen molar-refractivity contribution >= 4 is 41.1 Å². The Bertz CT molecular complexity index is 1100. The number of nitrogens with zero attached hydrogens (tertiary/aromatic N) is 2. The molecule has 8 N–H and O–H groups in total. The van der Waals surface area contributed by atoms with Gasteiger partial charge in [0.1, 0.15) is 11.7 Å². The highest BCUT2D eigenvalue weighted by molar-refractivity contribution is 5.96. The maximum Gasteiger partial charge on any atom is 0.413 e. The second kappa shape index (κ2) is 9.89. The summed E-state index contributed by atoms with van der Waals surface area (Å²) in [5.41, 5.74) is 5.91. The summed E-state index contributed by atoms with van der Waals surface area (Å²) in [6.07, 6.45) is -0.316. The van der Waals surface area contributed by atoms with Crippen molar-refractivity contribution in [3.8, 4) is 0 Å². The quantitative estimate of drug-likeness (QED) is 0.295. The molecule has 2 heterocycles. The molecule has 0 fully saturated rings. The van der Waals surface area contributed by atoms with Gasteiger partial charge in [0.15, 0.2) is 5.82 Å². The number of aliphatic carboxylic acids is 1. The van der Waals surface area contributed by atoms with Gasteiger partial charge in [-0.25, -0.2) is 9.59 Å². The third-order valence-electron chi connectivity index (χ3n) is 5.04. The van der Waals surface area contributed by atoms with E-state index in [9.17, 15) is 29.4 Å². The van der Waals surface area contributed by atoms with Gasteiger partial charge in [0, 0.05) is 17.8 Å². The number of rotatable bonds is 8. The van der Waals surface area contributed by atoms with Gasteiger partial charge in [-0.15, -0.1) is 0 Å². The molecule has 1 aliphatic rings. The number of H-pyrrole nitrogens is 1. The molecule has 0 saturated carbocycles. The third-order valence-corrected chi connectivity index (χ3v) is 5.04. The van der Waals surface area contributed by atoms with Crippen molar-refractivity contribution in [2.45, 2.75) is 31.8 Å². The Morgan fingerprint density at radius 1 is 1.27 bits per heavy atom. The van der Waals surface area contributed by atoms with Crippen molar-refractivity contribution in [1.29, 1.82) is 0 Å². The fourth-order valence-electron chi connectivity index (χ4n) is 3.41. The fourth-order valence-corrected chi connectivity index (χ4v) is 3.41. The van der Waals surface area contributed by atoms with Gasteiger partial charge in [-0.1, -0.05) is 13.3 Å². The molecule has 2 unspecified atom stereocenters. The van der Waals surface area contributed by atoms with Gasteiger partial charge in [-0.3, -0.25) is 19.5 Å². The van der Waals surface area contributed by atoms with Crippen molar-refractivity contribution in [2.24, 2.45) is 0 Å². The van der Waals surface area contributed by atoms with Crippen LogP contribution in [0.25, 0.3) is 0 Å². The average Bonchev–Trinajstić information content (AvgIpc) is 2.77. The SMILES string of the molecule is CCCC(NC(=O)c1ccc(NCC2CN(C(=O)O)c3nc(N)[nH]c(=O)c3N2)cc1)C(=O)O. The van der Waals surface area contributed by atoms with Crippen molar-refractivity contribution in [2.75, 3.05) is 34.4 Å². The Morgan fingerprint density at radius 3 is 2.58 bits per heavy atom. The molecule has 0 radical (unpaired) electrons. The maximum atomic E-state index is 12.3. The second-order valence-electron chi connectivity index (χ2n) is 7.50. The monoisotopic (exact) mass is 459 g/mol. The van der Waals surface area contributed by atoms with E-state index < -0.39 is 35.6 Å². The Hall–Kier alpha value is -4.29. The molecule has 33 heavy (non-hydrogen) atoms. The number of carbonyl (C=O) groups is 3. The zero-order valence-electron chi connectivity index (χ0n) is 17.8. The van der Waals surface area contributed by atoms with Crippen LogP contribution >= 0.6 is 0 Å². The van der Waals surface area contributed by atoms with Crippen LogP contribution in [0.1, 0.15) is 30.1 Å². The number of benzene rings is 1. The number of aromatic nitrogens is 2. The van der Waals surface area contributed by atoms with Gasteiger partial charge in [-0.05, 0) is 30.7 Å². The summed E-state index contributed by atoms with van der Waals surface area (Å²) in [5.74, 6) is -1.82. The van der Waals surface area contributed by atoms with E-state index in [0.717, 1.165) is 4.90 Å². The van der Waals surface area contributed by atoms with Crippen LogP contribution in [0, 0.1) is 0 Å². The van der Waals surface area contributed by atoms with Crippen molar-refractivity contribution in [1.82, 2.24) is 15.3 Å². The minimum atomic E-state index is -1.27. The van der Waals surface area contributed by atoms with Crippen LogP contribution in [-0.2, 0) is 4.79 Å². The first kappa shape index (κ1) is 23.4. The minimum Gasteiger partial charge on any atom is -0.480 e. The van der Waals surface area contributed by atoms with Crippen LogP contribution in [0.4, 0.5) is 27.9 Å². The van der Waals surface area contributed by atoms with E-state index in [4.69, 9.17) is 5.73 Å². The summed E-state index contributed by atoms with van der Waals surface area (Å²) < 4.78 is 0. The van der Waals surface area contributed by atoms with Gasteiger partial charge in [-0.2, -0.15) is 4.98 Å². The van der Waals surface area contributed by atoms with E-state index in [0.29, 0.717) is 24.1 Å². The Labute approximate surface area is 188 Å². The van der Waals surface area contributed by atoms with Gasteiger partial charge in [0.05, 0.1) is 12.6 Å². The van der Waals surface area contributed by atoms with Gasteiger partial charge in [0.25, 0.3) is 11.5 Å². The number of nitrogens with two attached hydrogens (primary N) is 1. The van der Waals surface area contributed by atoms with Crippen LogP contribution in [0.15, 0.2) is 29.1 Å². The molecule has 2 atom stereocenters. The summed E-state index contributed by atoms with van der Waals surface area (Å²) >= 11 is 0. The van der Waals surface area contributed by atoms with Crippen molar-refractivity contribution in [3.63, 3.8) is 0 Å². The number of fused-ring (bicyclic) bond motifs is 1. The molecule has 2 amide bonds. The molecular weight excluding hydrogens is 434 g/mol. The molecule has 0 spiro atoms. The highest BCUT2D eigenvalue weighted by Gasteiger charge is 2.31. The number of anilines is 4. The van der Waals surface area contributed by atoms with Crippen LogP contribution in [0.3, 0.4) is 0 Å². The number of nitrogen functional groups attached to an aromatic ring is 1. The van der Waals surface area contributed by atoms with E-state index in [-0.39, 0.29) is 30.5 Å². The lowest BCUT2D eigenvalue weighted by Crippen LogP contribution is -2.49. The Balaban J connectivity index is 1.64. The molecule has 0 aliphatic carbocycles. The molecule has 1 aliphatic heterocycles. The van der Waals surface area contributed by atoms with E-state index in [2.05, 4.69) is 25.9 Å². The highest BCUT2D eigenvalue weighted by Crippen LogP contribution is 2.26. The molecule has 13 nitrogen and oxygen atoms in total. The number of carbonyl (C=O) groups excluding carboxylic acids is 1. The summed E-state index contributed by atoms with van der Waals surface area (Å²) in [6, 6.07) is 4.98. The highest BCUT2D eigenvalue weighted by atomic mass is 16.4. The lowest BCUT2D eigenvalue weighted by Gasteiger charge is -2.32. The van der Waals surface area contributed by atoms with Crippen molar-refractivity contribution in [3.05, 3.63) is 40.2 Å². The first-order valence-electron chi connectivity index (χ1n) is 10.2. The zero-order chi connectivity index (χ0) is 24.1. The summed E-state index contributed by atoms with van der Waals surface area (Å²) in [4.78, 5) is 54.5. The molecule has 0 bridgehead atoms. The molecule has 3 rings (SSSR count). The number of aromatic amines is 1. The smallest absolute Gasteiger partial charge is 0.413 e. The first-order chi connectivity index (χ1) is 15.7. The largest absolute Gasteiger partial charge is 0.480 e. The lowest BCUT2D eigenvalue weighted by molar-refractivity contribution is -0.139. The number of hydrogen-bond acceptors (Lipinski definition) is 8. The molecule has 1 aromatic heterocycles. The van der Waals surface area contributed by atoms with Gasteiger partial charge in [0.2, 0.25) is 5.95 Å². The molecule has 2 aromatic rings. The van der Waals surface area contributed by atoms with Gasteiger partial charge < -0.3 is 31.9 Å². The summed E-state index contributed by atoms with van der Waals surface area (Å²) in [6.45, 7) is 2.12. The third kappa shape index (κ3) is 5.50. The molecule has 0 saturated heterocycles. The number of nitrogens with one attached hydrogen (secondary N) is 4. The average molecular weight is 459 g/mol. The van der Waals surface area contributed by atoms with Crippen molar-refractivity contribution < 1.29 is 24.6 Å². The number of carboxylic acid groups (broad SMARTS) is 2. The molecular formula is C20H25N7O6. The van der Waals surface area contributed by atoms with E-state index >= 15 is 0 Å². The molecule has 13 heteroatoms. The number of carboxylic acids is 1. The van der Waals surface area contributed by atoms with Gasteiger partial charge >= 0.3 is 12.1 Å². The number of hydrogen-bond donors (Lipinski definition) is 7. The van der Waals surface area contributed by atoms with E-state index in [1.807, 2.05) is 6.92 Å². The molecule has 176 valence electrons. The zero-order valence-corrected chi connectivity index (χ0v) is 17.8.